The van der Waals surface area contributed by atoms with E-state index in [9.17, 15) is 9.59 Å². The molecule has 0 bridgehead atoms. The number of carbonyl (C=O) groups excluding carboxylic acids is 1. The molecular weight excluding hydrogens is 372 g/mol. The normalized spacial score (nSPS) is 10.8. The van der Waals surface area contributed by atoms with E-state index in [0.717, 1.165) is 5.56 Å². The standard InChI is InChI=1S/C19H15BrO4/c1-2-23-19(22)14-10-6-9-13-16(21)15(11-20)17(24-18(13)14)12-7-4-3-5-8-12/h3-10H,2,11H2,1H3. The molecule has 0 spiro atoms. The predicted octanol–water partition coefficient (Wildman–Crippen LogP) is 4.53. The Morgan fingerprint density at radius 1 is 1.12 bits per heavy atom. The van der Waals surface area contributed by atoms with Gasteiger partial charge in [-0.3, -0.25) is 4.79 Å². The second-order valence-electron chi connectivity index (χ2n) is 5.14. The van der Waals surface area contributed by atoms with Gasteiger partial charge in [-0.2, -0.15) is 0 Å². The van der Waals surface area contributed by atoms with Crippen molar-refractivity contribution in [2.75, 3.05) is 6.61 Å². The maximum atomic E-state index is 12.8. The summed E-state index contributed by atoms with van der Waals surface area (Å²) in [5.41, 5.74) is 1.66. The van der Waals surface area contributed by atoms with Gasteiger partial charge in [-0.15, -0.1) is 0 Å². The van der Waals surface area contributed by atoms with E-state index in [2.05, 4.69) is 15.9 Å². The van der Waals surface area contributed by atoms with Gasteiger partial charge in [-0.25, -0.2) is 4.79 Å². The zero-order valence-electron chi connectivity index (χ0n) is 13.0. The molecule has 0 unspecified atom stereocenters. The Morgan fingerprint density at radius 2 is 1.88 bits per heavy atom. The van der Waals surface area contributed by atoms with Crippen molar-refractivity contribution in [3.63, 3.8) is 0 Å². The lowest BCUT2D eigenvalue weighted by Crippen LogP contribution is -2.12. The second-order valence-corrected chi connectivity index (χ2v) is 5.70. The first-order chi connectivity index (χ1) is 11.7. The third-order valence-corrected chi connectivity index (χ3v) is 4.24. The summed E-state index contributed by atoms with van der Waals surface area (Å²) in [6, 6.07) is 14.3. The highest BCUT2D eigenvalue weighted by atomic mass is 79.9. The van der Waals surface area contributed by atoms with Gasteiger partial charge in [0.2, 0.25) is 0 Å². The van der Waals surface area contributed by atoms with Gasteiger partial charge in [0, 0.05) is 10.9 Å². The Kier molecular flexibility index (Phi) is 4.81. The highest BCUT2D eigenvalue weighted by Crippen LogP contribution is 2.29. The van der Waals surface area contributed by atoms with Crippen LogP contribution in [0.5, 0.6) is 0 Å². The number of carbonyl (C=O) groups is 1. The molecule has 1 heterocycles. The smallest absolute Gasteiger partial charge is 0.341 e. The van der Waals surface area contributed by atoms with Gasteiger partial charge in [0.05, 0.1) is 17.6 Å². The Labute approximate surface area is 147 Å². The van der Waals surface area contributed by atoms with Gasteiger partial charge < -0.3 is 9.15 Å². The fraction of sp³-hybridized carbons (Fsp3) is 0.158. The minimum atomic E-state index is -0.503. The topological polar surface area (TPSA) is 56.5 Å². The molecule has 3 aromatic rings. The van der Waals surface area contributed by atoms with E-state index in [1.165, 1.54) is 0 Å². The van der Waals surface area contributed by atoms with Crippen molar-refractivity contribution in [2.45, 2.75) is 12.3 Å². The number of para-hydroxylation sites is 1. The van der Waals surface area contributed by atoms with Crippen LogP contribution in [0.2, 0.25) is 0 Å². The molecule has 0 saturated carbocycles. The van der Waals surface area contributed by atoms with Crippen LogP contribution in [0.25, 0.3) is 22.3 Å². The SMILES string of the molecule is CCOC(=O)c1cccc2c(=O)c(CBr)c(-c3ccccc3)oc12. The fourth-order valence-electron chi connectivity index (χ4n) is 2.57. The van der Waals surface area contributed by atoms with E-state index >= 15 is 0 Å². The summed E-state index contributed by atoms with van der Waals surface area (Å²) in [7, 11) is 0. The van der Waals surface area contributed by atoms with E-state index in [0.29, 0.717) is 22.0 Å². The summed E-state index contributed by atoms with van der Waals surface area (Å²) < 4.78 is 11.1. The van der Waals surface area contributed by atoms with Crippen molar-refractivity contribution >= 4 is 32.9 Å². The Morgan fingerprint density at radius 3 is 2.54 bits per heavy atom. The number of rotatable bonds is 4. The summed E-state index contributed by atoms with van der Waals surface area (Å²) in [5, 5.41) is 0.730. The molecule has 0 atom stereocenters. The first-order valence-corrected chi connectivity index (χ1v) is 8.66. The molecule has 1 aromatic heterocycles. The molecule has 0 radical (unpaired) electrons. The Bertz CT molecular complexity index is 945. The Hall–Kier alpha value is -2.40. The van der Waals surface area contributed by atoms with Gasteiger partial charge in [-0.05, 0) is 19.1 Å². The van der Waals surface area contributed by atoms with Crippen LogP contribution in [0.3, 0.4) is 0 Å². The summed E-state index contributed by atoms with van der Waals surface area (Å²) >= 11 is 3.36. The number of ether oxygens (including phenoxy) is 1. The van der Waals surface area contributed by atoms with Crippen molar-refractivity contribution in [1.29, 1.82) is 0 Å². The number of halogens is 1. The molecule has 0 N–H and O–H groups in total. The maximum Gasteiger partial charge on any atom is 0.341 e. The quantitative estimate of drug-likeness (QED) is 0.488. The van der Waals surface area contributed by atoms with Crippen LogP contribution >= 0.6 is 15.9 Å². The van der Waals surface area contributed by atoms with Crippen LogP contribution in [0, 0.1) is 0 Å². The molecule has 5 heteroatoms. The number of fused-ring (bicyclic) bond motifs is 1. The van der Waals surface area contributed by atoms with E-state index in [4.69, 9.17) is 9.15 Å². The number of alkyl halides is 1. The molecule has 0 fully saturated rings. The molecule has 0 aliphatic heterocycles. The number of hydrogen-bond donors (Lipinski definition) is 0. The summed E-state index contributed by atoms with van der Waals surface area (Å²) in [6.45, 7) is 1.99. The van der Waals surface area contributed by atoms with Crippen LogP contribution in [0.4, 0.5) is 0 Å². The molecule has 4 nitrogen and oxygen atoms in total. The van der Waals surface area contributed by atoms with Gasteiger partial charge in [0.25, 0.3) is 0 Å². The van der Waals surface area contributed by atoms with Crippen molar-refractivity contribution in [2.24, 2.45) is 0 Å². The monoisotopic (exact) mass is 386 g/mol. The number of hydrogen-bond acceptors (Lipinski definition) is 4. The third-order valence-electron chi connectivity index (χ3n) is 3.68. The second kappa shape index (κ2) is 7.01. The molecule has 2 aromatic carbocycles. The highest BCUT2D eigenvalue weighted by molar-refractivity contribution is 9.08. The lowest BCUT2D eigenvalue weighted by molar-refractivity contribution is 0.0527. The van der Waals surface area contributed by atoms with Crippen LogP contribution in [-0.2, 0) is 10.1 Å². The minimum absolute atomic E-state index is 0.155. The number of esters is 1. The van der Waals surface area contributed by atoms with E-state index in [1.807, 2.05) is 30.3 Å². The molecular formula is C19H15BrO4. The fourth-order valence-corrected chi connectivity index (χ4v) is 3.08. The third kappa shape index (κ3) is 2.87. The first-order valence-electron chi connectivity index (χ1n) is 7.54. The van der Waals surface area contributed by atoms with Gasteiger partial charge in [0.1, 0.15) is 11.3 Å². The predicted molar refractivity (Wildman–Crippen MR) is 96.5 cm³/mol. The van der Waals surface area contributed by atoms with E-state index < -0.39 is 5.97 Å². The van der Waals surface area contributed by atoms with E-state index in [1.54, 1.807) is 25.1 Å². The first kappa shape index (κ1) is 16.5. The van der Waals surface area contributed by atoms with Gasteiger partial charge in [0.15, 0.2) is 11.0 Å². The minimum Gasteiger partial charge on any atom is -0.462 e. The van der Waals surface area contributed by atoms with Crippen molar-refractivity contribution in [1.82, 2.24) is 0 Å². The number of benzene rings is 2. The van der Waals surface area contributed by atoms with Crippen LogP contribution in [0.1, 0.15) is 22.8 Å². The van der Waals surface area contributed by atoms with Crippen molar-refractivity contribution in [3.05, 3.63) is 69.9 Å². The molecule has 0 aliphatic rings. The summed E-state index contributed by atoms with van der Waals surface area (Å²) in [4.78, 5) is 25.0. The Balaban J connectivity index is 2.35. The van der Waals surface area contributed by atoms with Crippen LogP contribution in [-0.4, -0.2) is 12.6 Å². The van der Waals surface area contributed by atoms with Crippen LogP contribution in [0.15, 0.2) is 57.7 Å². The molecule has 24 heavy (non-hydrogen) atoms. The van der Waals surface area contributed by atoms with Gasteiger partial charge in [-0.1, -0.05) is 52.3 Å². The molecule has 0 amide bonds. The highest BCUT2D eigenvalue weighted by Gasteiger charge is 2.20. The molecule has 0 aliphatic carbocycles. The average molecular weight is 387 g/mol. The lowest BCUT2D eigenvalue weighted by Gasteiger charge is -2.10. The largest absolute Gasteiger partial charge is 0.462 e. The van der Waals surface area contributed by atoms with E-state index in [-0.39, 0.29) is 23.2 Å². The molecule has 0 saturated heterocycles. The molecule has 3 rings (SSSR count). The van der Waals surface area contributed by atoms with Crippen LogP contribution < -0.4 is 5.43 Å². The van der Waals surface area contributed by atoms with Crippen molar-refractivity contribution < 1.29 is 13.9 Å². The lowest BCUT2D eigenvalue weighted by atomic mass is 10.0. The zero-order valence-corrected chi connectivity index (χ0v) is 14.6. The van der Waals surface area contributed by atoms with Crippen molar-refractivity contribution in [3.8, 4) is 11.3 Å². The zero-order chi connectivity index (χ0) is 17.1. The maximum absolute atomic E-state index is 12.8. The summed E-state index contributed by atoms with van der Waals surface area (Å²) in [5.74, 6) is -0.0430. The summed E-state index contributed by atoms with van der Waals surface area (Å²) in [6.07, 6.45) is 0. The molecule has 122 valence electrons. The van der Waals surface area contributed by atoms with Gasteiger partial charge >= 0.3 is 5.97 Å². The average Bonchev–Trinajstić information content (AvgIpc) is 2.62.